The third-order valence-corrected chi connectivity index (χ3v) is 5.85. The van der Waals surface area contributed by atoms with Gasteiger partial charge in [-0.2, -0.15) is 13.2 Å². The molecule has 0 saturated heterocycles. The molecule has 2 amide bonds. The number of primary amides is 1. The predicted molar refractivity (Wildman–Crippen MR) is 106 cm³/mol. The SMILES string of the molecule is CCOC(=O)[C@@](NC(=O)CC(C)C)(Nc1sc2c(c1C(N)=O)CCCC2)C(F)(F)F. The van der Waals surface area contributed by atoms with Crippen LogP contribution in [0.3, 0.4) is 0 Å². The summed E-state index contributed by atoms with van der Waals surface area (Å²) in [5.41, 5.74) is 2.42. The van der Waals surface area contributed by atoms with Crippen molar-refractivity contribution in [1.29, 1.82) is 0 Å². The van der Waals surface area contributed by atoms with Crippen molar-refractivity contribution in [3.8, 4) is 0 Å². The lowest BCUT2D eigenvalue weighted by Crippen LogP contribution is -2.69. The standard InChI is InChI=1S/C19H26F3N3O4S/c1-4-29-17(28)18(19(20,21)22,24-13(26)9-10(2)3)25-16-14(15(23)27)11-7-5-6-8-12(11)30-16/h10,25H,4-9H2,1-3H3,(H2,23,27)(H,24,26)/t18-/m1/s1. The molecule has 0 aromatic carbocycles. The maximum Gasteiger partial charge on any atom is 0.441 e. The number of carbonyl (C=O) groups is 3. The van der Waals surface area contributed by atoms with E-state index in [2.05, 4.69) is 10.1 Å². The second-order valence-corrected chi connectivity index (χ2v) is 8.62. The lowest BCUT2D eigenvalue weighted by molar-refractivity contribution is -0.207. The minimum absolute atomic E-state index is 0.0780. The first-order valence-corrected chi connectivity index (χ1v) is 10.5. The van der Waals surface area contributed by atoms with Gasteiger partial charge in [0.2, 0.25) is 5.91 Å². The van der Waals surface area contributed by atoms with Crippen molar-refractivity contribution in [3.05, 3.63) is 16.0 Å². The quantitative estimate of drug-likeness (QED) is 0.417. The molecule has 1 aromatic rings. The van der Waals surface area contributed by atoms with Crippen molar-refractivity contribution in [2.24, 2.45) is 11.7 Å². The van der Waals surface area contributed by atoms with Crippen molar-refractivity contribution in [2.45, 2.75) is 64.7 Å². The van der Waals surface area contributed by atoms with Crippen molar-refractivity contribution in [2.75, 3.05) is 11.9 Å². The smallest absolute Gasteiger partial charge is 0.441 e. The number of anilines is 1. The van der Waals surface area contributed by atoms with E-state index in [4.69, 9.17) is 5.73 Å². The zero-order valence-corrected chi connectivity index (χ0v) is 17.9. The van der Waals surface area contributed by atoms with Gasteiger partial charge in [-0.1, -0.05) is 13.8 Å². The minimum atomic E-state index is -5.26. The predicted octanol–water partition coefficient (Wildman–Crippen LogP) is 3.12. The molecule has 7 nitrogen and oxygen atoms in total. The Bertz CT molecular complexity index is 823. The summed E-state index contributed by atoms with van der Waals surface area (Å²) in [5, 5.41) is 3.70. The molecule has 1 aromatic heterocycles. The highest BCUT2D eigenvalue weighted by atomic mass is 32.1. The molecule has 11 heteroatoms. The Balaban J connectivity index is 2.59. The van der Waals surface area contributed by atoms with Crippen LogP contribution in [0.4, 0.5) is 18.2 Å². The van der Waals surface area contributed by atoms with Crippen molar-refractivity contribution in [1.82, 2.24) is 5.32 Å². The topological polar surface area (TPSA) is 111 Å². The second kappa shape index (κ2) is 9.23. The molecule has 0 bridgehead atoms. The van der Waals surface area contributed by atoms with Gasteiger partial charge in [0.05, 0.1) is 12.2 Å². The number of aryl methyl sites for hydroxylation is 1. The van der Waals surface area contributed by atoms with E-state index in [1.54, 1.807) is 19.2 Å². The number of thiophene rings is 1. The molecule has 1 aliphatic rings. The van der Waals surface area contributed by atoms with Gasteiger partial charge in [0.1, 0.15) is 5.00 Å². The fourth-order valence-electron chi connectivity index (χ4n) is 3.35. The van der Waals surface area contributed by atoms with Crippen molar-refractivity contribution < 1.29 is 32.3 Å². The summed E-state index contributed by atoms with van der Waals surface area (Å²) in [6.07, 6.45) is -2.78. The largest absolute Gasteiger partial charge is 0.463 e. The van der Waals surface area contributed by atoms with E-state index in [1.165, 1.54) is 6.92 Å². The maximum absolute atomic E-state index is 14.3. The number of nitrogens with two attached hydrogens (primary N) is 1. The van der Waals surface area contributed by atoms with Gasteiger partial charge in [0.15, 0.2) is 0 Å². The number of ether oxygens (including phenoxy) is 1. The molecule has 1 atom stereocenters. The molecule has 1 heterocycles. The van der Waals surface area contributed by atoms with Crippen LogP contribution in [0.5, 0.6) is 0 Å². The van der Waals surface area contributed by atoms with Gasteiger partial charge in [-0.15, -0.1) is 11.3 Å². The van der Waals surface area contributed by atoms with Crippen LogP contribution in [0.1, 0.15) is 60.8 Å². The van der Waals surface area contributed by atoms with Gasteiger partial charge >= 0.3 is 17.8 Å². The molecule has 1 aliphatic carbocycles. The summed E-state index contributed by atoms with van der Waals surface area (Å²) in [7, 11) is 0. The number of amides is 2. The summed E-state index contributed by atoms with van der Waals surface area (Å²) < 4.78 is 47.4. The molecule has 0 unspecified atom stereocenters. The highest BCUT2D eigenvalue weighted by Gasteiger charge is 2.64. The lowest BCUT2D eigenvalue weighted by atomic mass is 9.95. The van der Waals surface area contributed by atoms with Crippen molar-refractivity contribution in [3.63, 3.8) is 0 Å². The molecule has 168 valence electrons. The first-order chi connectivity index (χ1) is 13.9. The third-order valence-electron chi connectivity index (χ3n) is 4.65. The second-order valence-electron chi connectivity index (χ2n) is 7.52. The number of rotatable bonds is 8. The van der Waals surface area contributed by atoms with Crippen LogP contribution in [-0.2, 0) is 27.2 Å². The van der Waals surface area contributed by atoms with Crippen LogP contribution in [0, 0.1) is 5.92 Å². The van der Waals surface area contributed by atoms with Gasteiger partial charge in [-0.25, -0.2) is 4.79 Å². The van der Waals surface area contributed by atoms with Crippen LogP contribution in [0.25, 0.3) is 0 Å². The van der Waals surface area contributed by atoms with Gasteiger partial charge < -0.3 is 21.1 Å². The summed E-state index contributed by atoms with van der Waals surface area (Å²) in [4.78, 5) is 37.6. The van der Waals surface area contributed by atoms with Gasteiger partial charge in [-0.05, 0) is 44.1 Å². The molecule has 0 aliphatic heterocycles. The van der Waals surface area contributed by atoms with Crippen molar-refractivity contribution >= 4 is 34.1 Å². The number of fused-ring (bicyclic) bond motifs is 1. The van der Waals surface area contributed by atoms with E-state index in [0.29, 0.717) is 18.4 Å². The highest BCUT2D eigenvalue weighted by molar-refractivity contribution is 7.16. The summed E-state index contributed by atoms with van der Waals surface area (Å²) >= 11 is 0.939. The van der Waals surface area contributed by atoms with Crippen LogP contribution in [0.2, 0.25) is 0 Å². The number of hydrogen-bond acceptors (Lipinski definition) is 6. The Morgan fingerprint density at radius 2 is 1.83 bits per heavy atom. The Labute approximate surface area is 176 Å². The molecule has 0 radical (unpaired) electrons. The van der Waals surface area contributed by atoms with E-state index >= 15 is 0 Å². The number of carbonyl (C=O) groups excluding carboxylic acids is 3. The van der Waals surface area contributed by atoms with Crippen LogP contribution in [-0.4, -0.2) is 36.2 Å². The number of alkyl halides is 3. The van der Waals surface area contributed by atoms with Gasteiger partial charge in [0, 0.05) is 11.3 Å². The van der Waals surface area contributed by atoms with E-state index < -0.39 is 29.6 Å². The van der Waals surface area contributed by atoms with E-state index in [1.807, 2.05) is 0 Å². The number of nitrogens with one attached hydrogen (secondary N) is 2. The molecule has 0 spiro atoms. The lowest BCUT2D eigenvalue weighted by Gasteiger charge is -2.35. The summed E-state index contributed by atoms with van der Waals surface area (Å²) in [6.45, 7) is 4.34. The first-order valence-electron chi connectivity index (χ1n) is 9.70. The van der Waals surface area contributed by atoms with Gasteiger partial charge in [-0.3, -0.25) is 9.59 Å². The van der Waals surface area contributed by atoms with E-state index in [-0.39, 0.29) is 29.5 Å². The Morgan fingerprint density at radius 1 is 1.20 bits per heavy atom. The molecule has 4 N–H and O–H groups in total. The average Bonchev–Trinajstić information content (AvgIpc) is 2.97. The Kier molecular flexibility index (Phi) is 7.38. The van der Waals surface area contributed by atoms with E-state index in [0.717, 1.165) is 29.1 Å². The molecular formula is C19H26F3N3O4S. The number of hydrogen-bond donors (Lipinski definition) is 3. The molecule has 30 heavy (non-hydrogen) atoms. The minimum Gasteiger partial charge on any atom is -0.463 e. The monoisotopic (exact) mass is 449 g/mol. The summed E-state index contributed by atoms with van der Waals surface area (Å²) in [5.74, 6) is -3.83. The zero-order chi connectivity index (χ0) is 22.7. The molecule has 0 saturated carbocycles. The fourth-order valence-corrected chi connectivity index (χ4v) is 4.70. The van der Waals surface area contributed by atoms with Gasteiger partial charge in [0.25, 0.3) is 5.91 Å². The normalized spacial score (nSPS) is 15.8. The van der Waals surface area contributed by atoms with Crippen LogP contribution >= 0.6 is 11.3 Å². The summed E-state index contributed by atoms with van der Waals surface area (Å²) in [6, 6.07) is 0. The average molecular weight is 449 g/mol. The first kappa shape index (κ1) is 24.0. The van der Waals surface area contributed by atoms with E-state index in [9.17, 15) is 27.6 Å². The molecule has 0 fully saturated rings. The third kappa shape index (κ3) is 4.88. The zero-order valence-electron chi connectivity index (χ0n) is 17.1. The highest BCUT2D eigenvalue weighted by Crippen LogP contribution is 2.42. The number of esters is 1. The Morgan fingerprint density at radius 3 is 2.37 bits per heavy atom. The maximum atomic E-state index is 14.3. The Hall–Kier alpha value is -2.30. The molecule has 2 rings (SSSR count). The number of halogens is 3. The fraction of sp³-hybridized carbons (Fsp3) is 0.632. The van der Waals surface area contributed by atoms with Crippen LogP contribution in [0.15, 0.2) is 0 Å². The molecular weight excluding hydrogens is 423 g/mol. The van der Waals surface area contributed by atoms with Crippen LogP contribution < -0.4 is 16.4 Å².